The molecule has 0 radical (unpaired) electrons. The molecule has 1 unspecified atom stereocenters. The van der Waals surface area contributed by atoms with Gasteiger partial charge in [-0.25, -0.2) is 8.42 Å². The van der Waals surface area contributed by atoms with Crippen LogP contribution >= 0.6 is 46.4 Å². The number of nitrogens with zero attached hydrogens (tertiary/aromatic N) is 2. The summed E-state index contributed by atoms with van der Waals surface area (Å²) in [6, 6.07) is 17.8. The molecule has 3 aromatic rings. The molecular weight excluding hydrogens is 616 g/mol. The molecule has 3 rings (SSSR count). The average molecular weight is 645 g/mol. The van der Waals surface area contributed by atoms with E-state index in [9.17, 15) is 18.0 Å². The number of halogens is 4. The highest BCUT2D eigenvalue weighted by Gasteiger charge is 2.34. The molecule has 214 valence electrons. The van der Waals surface area contributed by atoms with E-state index in [0.29, 0.717) is 23.6 Å². The number of carbonyl (C=O) groups excluding carboxylic acids is 2. The Bertz CT molecular complexity index is 1460. The van der Waals surface area contributed by atoms with Gasteiger partial charge < -0.3 is 10.2 Å². The van der Waals surface area contributed by atoms with Crippen LogP contribution < -0.4 is 9.62 Å². The van der Waals surface area contributed by atoms with E-state index in [2.05, 4.69) is 5.32 Å². The Hall–Kier alpha value is -2.49. The second-order valence-electron chi connectivity index (χ2n) is 9.10. The monoisotopic (exact) mass is 643 g/mol. The standard InChI is InChI=1S/C28H29Cl4N3O4S/c1-3-13-33-28(37)26(14-19-9-5-4-6-10-19)34(17-20-11-7-8-12-21(20)29)27(36)18-35(40(2,38)39)25-16-23(31)22(30)15-24(25)32/h4-12,15-16,26H,3,13-14,17-18H2,1-2H3,(H,33,37). The number of carbonyl (C=O) groups is 2. The Balaban J connectivity index is 2.09. The molecule has 0 aliphatic heterocycles. The van der Waals surface area contributed by atoms with E-state index in [-0.39, 0.29) is 39.6 Å². The molecule has 0 aliphatic rings. The molecule has 0 heterocycles. The highest BCUT2D eigenvalue weighted by Crippen LogP contribution is 2.35. The Labute approximate surface area is 255 Å². The predicted molar refractivity (Wildman–Crippen MR) is 163 cm³/mol. The van der Waals surface area contributed by atoms with Crippen molar-refractivity contribution in [3.63, 3.8) is 0 Å². The van der Waals surface area contributed by atoms with E-state index in [0.717, 1.165) is 16.1 Å². The molecule has 0 fully saturated rings. The highest BCUT2D eigenvalue weighted by atomic mass is 35.5. The van der Waals surface area contributed by atoms with Crippen molar-refractivity contribution >= 4 is 73.9 Å². The van der Waals surface area contributed by atoms with Gasteiger partial charge in [-0.2, -0.15) is 0 Å². The van der Waals surface area contributed by atoms with Crippen LogP contribution in [0.5, 0.6) is 0 Å². The first kappa shape index (κ1) is 32.0. The maximum absolute atomic E-state index is 14.1. The minimum absolute atomic E-state index is 0.00759. The summed E-state index contributed by atoms with van der Waals surface area (Å²) in [6.07, 6.45) is 1.84. The van der Waals surface area contributed by atoms with Gasteiger partial charge >= 0.3 is 0 Å². The third-order valence-corrected chi connectivity index (χ3v) is 8.58. The summed E-state index contributed by atoms with van der Waals surface area (Å²) in [7, 11) is -4.03. The molecule has 0 spiro atoms. The minimum atomic E-state index is -4.03. The van der Waals surface area contributed by atoms with Crippen LogP contribution in [0.15, 0.2) is 66.7 Å². The van der Waals surface area contributed by atoms with E-state index >= 15 is 0 Å². The number of hydrogen-bond acceptors (Lipinski definition) is 4. The van der Waals surface area contributed by atoms with E-state index in [1.807, 2.05) is 37.3 Å². The van der Waals surface area contributed by atoms with E-state index in [1.54, 1.807) is 24.3 Å². The number of rotatable bonds is 12. The van der Waals surface area contributed by atoms with Gasteiger partial charge in [-0.3, -0.25) is 13.9 Å². The van der Waals surface area contributed by atoms with Crippen LogP contribution in [-0.2, 0) is 32.6 Å². The van der Waals surface area contributed by atoms with Gasteiger partial charge in [-0.1, -0.05) is 102 Å². The first-order chi connectivity index (χ1) is 18.9. The van der Waals surface area contributed by atoms with Crippen molar-refractivity contribution in [2.24, 2.45) is 0 Å². The zero-order valence-corrected chi connectivity index (χ0v) is 25.8. The highest BCUT2D eigenvalue weighted by molar-refractivity contribution is 7.92. The number of sulfonamides is 1. The van der Waals surface area contributed by atoms with Crippen molar-refractivity contribution in [1.29, 1.82) is 0 Å². The van der Waals surface area contributed by atoms with Crippen LogP contribution in [-0.4, -0.2) is 50.5 Å². The lowest BCUT2D eigenvalue weighted by molar-refractivity contribution is -0.140. The second kappa shape index (κ2) is 14.4. The maximum Gasteiger partial charge on any atom is 0.244 e. The average Bonchev–Trinajstić information content (AvgIpc) is 2.91. The fourth-order valence-electron chi connectivity index (χ4n) is 4.03. The predicted octanol–water partition coefficient (Wildman–Crippen LogP) is 6.23. The van der Waals surface area contributed by atoms with Gasteiger partial charge in [0.1, 0.15) is 12.6 Å². The van der Waals surface area contributed by atoms with Gasteiger partial charge in [0.05, 0.1) is 27.0 Å². The van der Waals surface area contributed by atoms with Crippen molar-refractivity contribution < 1.29 is 18.0 Å². The van der Waals surface area contributed by atoms with Crippen molar-refractivity contribution in [3.05, 3.63) is 97.9 Å². The first-order valence-corrected chi connectivity index (χ1v) is 15.7. The Kier molecular flexibility index (Phi) is 11.5. The molecule has 2 amide bonds. The van der Waals surface area contributed by atoms with Gasteiger partial charge in [-0.05, 0) is 35.7 Å². The fraction of sp³-hybridized carbons (Fsp3) is 0.286. The van der Waals surface area contributed by atoms with Gasteiger partial charge in [-0.15, -0.1) is 0 Å². The number of hydrogen-bond donors (Lipinski definition) is 1. The molecule has 0 saturated carbocycles. The SMILES string of the molecule is CCCNC(=O)C(Cc1ccccc1)N(Cc1ccccc1Cl)C(=O)CN(c1cc(Cl)c(Cl)cc1Cl)S(C)(=O)=O. The maximum atomic E-state index is 14.1. The summed E-state index contributed by atoms with van der Waals surface area (Å²) in [4.78, 5) is 28.9. The van der Waals surface area contributed by atoms with Crippen LogP contribution in [0.2, 0.25) is 20.1 Å². The largest absolute Gasteiger partial charge is 0.354 e. The third kappa shape index (κ3) is 8.51. The molecule has 40 heavy (non-hydrogen) atoms. The van der Waals surface area contributed by atoms with Crippen molar-refractivity contribution in [2.45, 2.75) is 32.4 Å². The lowest BCUT2D eigenvalue weighted by Gasteiger charge is -2.34. The zero-order chi connectivity index (χ0) is 29.4. The zero-order valence-electron chi connectivity index (χ0n) is 21.9. The van der Waals surface area contributed by atoms with Crippen molar-refractivity contribution in [2.75, 3.05) is 23.7 Å². The molecule has 3 aromatic carbocycles. The Morgan fingerprint density at radius 1 is 0.875 bits per heavy atom. The number of anilines is 1. The van der Waals surface area contributed by atoms with Gasteiger partial charge in [0.2, 0.25) is 21.8 Å². The summed E-state index contributed by atoms with van der Waals surface area (Å²) in [5.74, 6) is -1.01. The Morgan fingerprint density at radius 3 is 2.12 bits per heavy atom. The second-order valence-corrected chi connectivity index (χ2v) is 12.6. The van der Waals surface area contributed by atoms with Gasteiger partial charge in [0, 0.05) is 24.5 Å². The van der Waals surface area contributed by atoms with E-state index in [1.165, 1.54) is 17.0 Å². The molecule has 7 nitrogen and oxygen atoms in total. The number of benzene rings is 3. The fourth-order valence-corrected chi connectivity index (χ4v) is 5.77. The molecule has 0 bridgehead atoms. The van der Waals surface area contributed by atoms with E-state index < -0.39 is 28.5 Å². The summed E-state index contributed by atoms with van der Waals surface area (Å²) in [5.41, 5.74) is 1.40. The molecule has 1 N–H and O–H groups in total. The Morgan fingerprint density at radius 2 is 1.50 bits per heavy atom. The normalized spacial score (nSPS) is 12.1. The topological polar surface area (TPSA) is 86.8 Å². The minimum Gasteiger partial charge on any atom is -0.354 e. The first-order valence-electron chi connectivity index (χ1n) is 12.4. The molecule has 0 saturated heterocycles. The summed E-state index contributed by atoms with van der Waals surface area (Å²) >= 11 is 25.0. The molecular formula is C28H29Cl4N3O4S. The van der Waals surface area contributed by atoms with Crippen LogP contribution in [0.4, 0.5) is 5.69 Å². The lowest BCUT2D eigenvalue weighted by Crippen LogP contribution is -2.53. The van der Waals surface area contributed by atoms with Crippen LogP contribution in [0.3, 0.4) is 0 Å². The molecule has 0 aromatic heterocycles. The van der Waals surface area contributed by atoms with Crippen LogP contribution in [0.1, 0.15) is 24.5 Å². The van der Waals surface area contributed by atoms with Crippen molar-refractivity contribution in [1.82, 2.24) is 10.2 Å². The van der Waals surface area contributed by atoms with Crippen LogP contribution in [0, 0.1) is 0 Å². The summed E-state index contributed by atoms with van der Waals surface area (Å²) in [5, 5.41) is 3.47. The summed E-state index contributed by atoms with van der Waals surface area (Å²) in [6.45, 7) is 1.65. The third-order valence-electron chi connectivity index (χ3n) is 6.06. The van der Waals surface area contributed by atoms with E-state index in [4.69, 9.17) is 46.4 Å². The quantitative estimate of drug-likeness (QED) is 0.237. The number of amides is 2. The van der Waals surface area contributed by atoms with Crippen molar-refractivity contribution in [3.8, 4) is 0 Å². The summed E-state index contributed by atoms with van der Waals surface area (Å²) < 4.78 is 26.7. The lowest BCUT2D eigenvalue weighted by atomic mass is 10.0. The molecule has 1 atom stereocenters. The molecule has 0 aliphatic carbocycles. The molecule has 12 heteroatoms. The van der Waals surface area contributed by atoms with Crippen LogP contribution in [0.25, 0.3) is 0 Å². The van der Waals surface area contributed by atoms with Gasteiger partial charge in [0.15, 0.2) is 0 Å². The smallest absolute Gasteiger partial charge is 0.244 e. The number of nitrogens with one attached hydrogen (secondary N) is 1. The van der Waals surface area contributed by atoms with Gasteiger partial charge in [0.25, 0.3) is 0 Å².